The summed E-state index contributed by atoms with van der Waals surface area (Å²) in [7, 11) is 5.93. The molecule has 4 nitrogen and oxygen atoms in total. The van der Waals surface area contributed by atoms with Crippen LogP contribution in [0.15, 0.2) is 0 Å². The Kier molecular flexibility index (Phi) is 13.9. The van der Waals surface area contributed by atoms with Crippen molar-refractivity contribution in [3.63, 3.8) is 0 Å². The average Bonchev–Trinajstić information content (AvgIpc) is 2.64. The molecule has 0 aromatic rings. The Morgan fingerprint density at radius 2 is 1.29 bits per heavy atom. The number of esters is 1. The molecule has 2 unspecified atom stereocenters. The molecule has 28 heavy (non-hydrogen) atoms. The Morgan fingerprint density at radius 1 is 0.821 bits per heavy atom. The largest absolute Gasteiger partial charge is 0.469 e. The van der Waals surface area contributed by atoms with E-state index in [0.717, 1.165) is 24.0 Å². The quantitative estimate of drug-likeness (QED) is 0.185. The maximum atomic E-state index is 11.6. The van der Waals surface area contributed by atoms with Crippen molar-refractivity contribution >= 4 is 5.97 Å². The van der Waals surface area contributed by atoms with Crippen LogP contribution in [0.1, 0.15) is 103 Å². The van der Waals surface area contributed by atoms with Crippen LogP contribution in [0.3, 0.4) is 0 Å². The van der Waals surface area contributed by atoms with Gasteiger partial charge in [-0.3, -0.25) is 4.79 Å². The predicted octanol–water partition coefficient (Wildman–Crippen LogP) is 5.87. The smallest absolute Gasteiger partial charge is 0.308 e. The highest BCUT2D eigenvalue weighted by atomic mass is 16.5. The first-order valence-electron chi connectivity index (χ1n) is 12.0. The minimum atomic E-state index is -0.161. The van der Waals surface area contributed by atoms with Gasteiger partial charge in [0.25, 0.3) is 0 Å². The summed E-state index contributed by atoms with van der Waals surface area (Å²) in [5.74, 6) is -0.161. The number of likely N-dealkylation sites (N-methyl/N-ethyl adjacent to an activating group) is 1. The SMILES string of the molecule is CCCCCCCCCCCCCCCC1C[N+](C)(C)CC(CC(=O)OC)O1. The molecule has 0 aromatic carbocycles. The molecule has 4 heteroatoms. The van der Waals surface area contributed by atoms with E-state index in [9.17, 15) is 4.79 Å². The van der Waals surface area contributed by atoms with Gasteiger partial charge in [-0.1, -0.05) is 90.4 Å². The molecule has 1 aliphatic heterocycles. The lowest BCUT2D eigenvalue weighted by molar-refractivity contribution is -0.905. The monoisotopic (exact) mass is 398 g/mol. The van der Waals surface area contributed by atoms with Crippen molar-refractivity contribution in [2.45, 2.75) is 115 Å². The van der Waals surface area contributed by atoms with Gasteiger partial charge in [0.1, 0.15) is 25.3 Å². The zero-order chi connectivity index (χ0) is 20.7. The van der Waals surface area contributed by atoms with E-state index in [1.54, 1.807) is 0 Å². The molecule has 0 aromatic heterocycles. The fraction of sp³-hybridized carbons (Fsp3) is 0.958. The fourth-order valence-electron chi connectivity index (χ4n) is 4.47. The molecule has 0 radical (unpaired) electrons. The number of nitrogens with zero attached hydrogens (tertiary/aromatic N) is 1. The number of rotatable bonds is 16. The van der Waals surface area contributed by atoms with E-state index >= 15 is 0 Å². The summed E-state index contributed by atoms with van der Waals surface area (Å²) >= 11 is 0. The molecule has 1 saturated heterocycles. The summed E-state index contributed by atoms with van der Waals surface area (Å²) in [5, 5.41) is 0. The summed E-state index contributed by atoms with van der Waals surface area (Å²) in [5.41, 5.74) is 0. The second-order valence-electron chi connectivity index (χ2n) is 9.49. The number of carbonyl (C=O) groups excluding carboxylic acids is 1. The molecule has 1 heterocycles. The van der Waals surface area contributed by atoms with Crippen molar-refractivity contribution in [3.05, 3.63) is 0 Å². The lowest BCUT2D eigenvalue weighted by Gasteiger charge is -2.42. The highest BCUT2D eigenvalue weighted by molar-refractivity contribution is 5.69. The van der Waals surface area contributed by atoms with Crippen LogP contribution >= 0.6 is 0 Å². The third-order valence-electron chi connectivity index (χ3n) is 6.03. The number of unbranched alkanes of at least 4 members (excludes halogenated alkanes) is 12. The first-order chi connectivity index (χ1) is 13.5. The van der Waals surface area contributed by atoms with E-state index in [-0.39, 0.29) is 18.2 Å². The summed E-state index contributed by atoms with van der Waals surface area (Å²) in [4.78, 5) is 11.6. The van der Waals surface area contributed by atoms with Crippen molar-refractivity contribution in [3.8, 4) is 0 Å². The van der Waals surface area contributed by atoms with Crippen LogP contribution in [0.5, 0.6) is 0 Å². The Hall–Kier alpha value is -0.610. The molecular weight excluding hydrogens is 350 g/mol. The van der Waals surface area contributed by atoms with Gasteiger partial charge in [-0.25, -0.2) is 0 Å². The lowest BCUT2D eigenvalue weighted by atomic mass is 10.0. The van der Waals surface area contributed by atoms with Gasteiger partial charge in [-0.05, 0) is 6.42 Å². The van der Waals surface area contributed by atoms with Crippen LogP contribution in [-0.2, 0) is 14.3 Å². The molecule has 2 atom stereocenters. The van der Waals surface area contributed by atoms with Gasteiger partial charge in [0.05, 0.1) is 27.6 Å². The van der Waals surface area contributed by atoms with E-state index < -0.39 is 0 Å². The summed E-state index contributed by atoms with van der Waals surface area (Å²) < 4.78 is 11.9. The van der Waals surface area contributed by atoms with Crippen molar-refractivity contribution in [2.75, 3.05) is 34.3 Å². The van der Waals surface area contributed by atoms with Crippen LogP contribution < -0.4 is 0 Å². The molecule has 0 saturated carbocycles. The Morgan fingerprint density at radius 3 is 1.79 bits per heavy atom. The molecular formula is C24H48NO3+. The zero-order valence-corrected chi connectivity index (χ0v) is 19.3. The minimum absolute atomic E-state index is 0.00294. The minimum Gasteiger partial charge on any atom is -0.469 e. The Labute approximate surface area is 174 Å². The highest BCUT2D eigenvalue weighted by Gasteiger charge is 2.35. The van der Waals surface area contributed by atoms with E-state index in [1.807, 2.05) is 0 Å². The first-order valence-corrected chi connectivity index (χ1v) is 12.0. The number of morpholine rings is 1. The van der Waals surface area contributed by atoms with Crippen molar-refractivity contribution in [2.24, 2.45) is 0 Å². The van der Waals surface area contributed by atoms with Gasteiger partial charge in [-0.2, -0.15) is 0 Å². The van der Waals surface area contributed by atoms with Gasteiger partial charge >= 0.3 is 5.97 Å². The average molecular weight is 399 g/mol. The molecule has 1 rings (SSSR count). The maximum Gasteiger partial charge on any atom is 0.308 e. The number of hydrogen-bond donors (Lipinski definition) is 0. The van der Waals surface area contributed by atoms with Crippen LogP contribution in [0.2, 0.25) is 0 Å². The van der Waals surface area contributed by atoms with Gasteiger partial charge in [0, 0.05) is 0 Å². The molecule has 0 spiro atoms. The van der Waals surface area contributed by atoms with Gasteiger partial charge in [0.15, 0.2) is 0 Å². The lowest BCUT2D eigenvalue weighted by Crippen LogP contribution is -2.56. The second kappa shape index (κ2) is 15.3. The van der Waals surface area contributed by atoms with E-state index in [2.05, 4.69) is 21.0 Å². The number of methoxy groups -OCH3 is 1. The first kappa shape index (κ1) is 25.4. The van der Waals surface area contributed by atoms with Gasteiger partial charge < -0.3 is 14.0 Å². The van der Waals surface area contributed by atoms with Crippen molar-refractivity contribution < 1.29 is 18.8 Å². The van der Waals surface area contributed by atoms with Crippen LogP contribution in [0.25, 0.3) is 0 Å². The van der Waals surface area contributed by atoms with E-state index in [1.165, 1.54) is 90.6 Å². The highest BCUT2D eigenvalue weighted by Crippen LogP contribution is 2.22. The molecule has 0 aliphatic carbocycles. The van der Waals surface area contributed by atoms with Gasteiger partial charge in [-0.15, -0.1) is 0 Å². The third-order valence-corrected chi connectivity index (χ3v) is 6.03. The van der Waals surface area contributed by atoms with Crippen LogP contribution in [0, 0.1) is 0 Å². The zero-order valence-electron chi connectivity index (χ0n) is 19.3. The van der Waals surface area contributed by atoms with Crippen molar-refractivity contribution in [1.29, 1.82) is 0 Å². The molecule has 0 bridgehead atoms. The normalized spacial score (nSPS) is 21.6. The molecule has 1 aliphatic rings. The maximum absolute atomic E-state index is 11.6. The fourth-order valence-corrected chi connectivity index (χ4v) is 4.47. The third kappa shape index (κ3) is 12.8. The van der Waals surface area contributed by atoms with Crippen LogP contribution in [-0.4, -0.2) is 57.0 Å². The summed E-state index contributed by atoms with van der Waals surface area (Å²) in [6, 6.07) is 0. The van der Waals surface area contributed by atoms with E-state index in [4.69, 9.17) is 9.47 Å². The topological polar surface area (TPSA) is 35.5 Å². The standard InChI is InChI=1S/C24H48NO3/c1-5-6-7-8-9-10-11-12-13-14-15-16-17-18-22-20-25(2,3)21-23(28-22)19-24(26)27-4/h22-23H,5-21H2,1-4H3/q+1. The number of carbonyl (C=O) groups is 1. The molecule has 1 fully saturated rings. The summed E-state index contributed by atoms with van der Waals surface area (Å²) in [6.45, 7) is 4.23. The Bertz CT molecular complexity index is 397. The molecule has 166 valence electrons. The molecule has 0 N–H and O–H groups in total. The van der Waals surface area contributed by atoms with Gasteiger partial charge in [0.2, 0.25) is 0 Å². The predicted molar refractivity (Wildman–Crippen MR) is 117 cm³/mol. The number of ether oxygens (including phenoxy) is 2. The van der Waals surface area contributed by atoms with Crippen molar-refractivity contribution in [1.82, 2.24) is 0 Å². The number of quaternary nitrogens is 1. The van der Waals surface area contributed by atoms with E-state index in [0.29, 0.717) is 6.42 Å². The summed E-state index contributed by atoms with van der Waals surface area (Å²) in [6.07, 6.45) is 19.8. The second-order valence-corrected chi connectivity index (χ2v) is 9.49. The number of hydrogen-bond acceptors (Lipinski definition) is 3. The van der Waals surface area contributed by atoms with Crippen LogP contribution in [0.4, 0.5) is 0 Å². The molecule has 0 amide bonds. The Balaban J connectivity index is 2.01.